The van der Waals surface area contributed by atoms with Crippen LogP contribution < -0.4 is 10.0 Å². The van der Waals surface area contributed by atoms with Crippen molar-refractivity contribution < 1.29 is 27.3 Å². The van der Waals surface area contributed by atoms with E-state index < -0.39 is 40.0 Å². The lowest BCUT2D eigenvalue weighted by molar-refractivity contribution is -0.155. The molecule has 1 heterocycles. The number of ether oxygens (including phenoxy) is 1. The van der Waals surface area contributed by atoms with E-state index in [0.29, 0.717) is 5.69 Å². The van der Waals surface area contributed by atoms with E-state index in [1.807, 2.05) is 0 Å². The number of rotatable bonds is 8. The highest BCUT2D eigenvalue weighted by molar-refractivity contribution is 7.89. The van der Waals surface area contributed by atoms with E-state index in [1.165, 1.54) is 25.1 Å². The van der Waals surface area contributed by atoms with Crippen molar-refractivity contribution in [2.24, 2.45) is 5.92 Å². The molecule has 0 aliphatic carbocycles. The lowest BCUT2D eigenvalue weighted by Gasteiger charge is -2.22. The summed E-state index contributed by atoms with van der Waals surface area (Å²) < 4.78 is 37.4. The summed E-state index contributed by atoms with van der Waals surface area (Å²) in [5.41, 5.74) is 0.579. The Kier molecular flexibility index (Phi) is 6.92. The summed E-state index contributed by atoms with van der Waals surface area (Å²) in [7, 11) is -3.93. The van der Waals surface area contributed by atoms with Gasteiger partial charge in [-0.05, 0) is 31.9 Å². The number of hydrogen-bond donors (Lipinski definition) is 2. The summed E-state index contributed by atoms with van der Waals surface area (Å²) in [5, 5.41) is 6.06. The number of hydrogen-bond acceptors (Lipinski definition) is 7. The normalized spacial score (nSPS) is 13.8. The second kappa shape index (κ2) is 8.98. The molecule has 28 heavy (non-hydrogen) atoms. The first-order chi connectivity index (χ1) is 13.1. The largest absolute Gasteiger partial charge is 0.451 e. The number of esters is 1. The van der Waals surface area contributed by atoms with E-state index in [2.05, 4.69) is 15.2 Å². The molecule has 0 saturated heterocycles. The van der Waals surface area contributed by atoms with Crippen LogP contribution in [0.3, 0.4) is 0 Å². The average Bonchev–Trinajstić information content (AvgIpc) is 3.04. The van der Waals surface area contributed by atoms with Crippen molar-refractivity contribution in [2.45, 2.75) is 44.7 Å². The monoisotopic (exact) mass is 409 g/mol. The Labute approximate surface area is 163 Å². The van der Waals surface area contributed by atoms with Gasteiger partial charge in [0.1, 0.15) is 6.04 Å². The van der Waals surface area contributed by atoms with Gasteiger partial charge in [0.05, 0.1) is 10.6 Å². The number of aryl methyl sites for hydroxylation is 1. The predicted octanol–water partition coefficient (Wildman–Crippen LogP) is 1.86. The summed E-state index contributed by atoms with van der Waals surface area (Å²) in [5.74, 6) is -1.77. The van der Waals surface area contributed by atoms with Crippen LogP contribution in [0.2, 0.25) is 0 Å². The molecule has 2 aromatic rings. The molecule has 1 aromatic carbocycles. The van der Waals surface area contributed by atoms with Gasteiger partial charge < -0.3 is 9.26 Å². The molecule has 2 rings (SSSR count). The number of sulfonamides is 1. The molecule has 1 aromatic heterocycles. The molecule has 0 bridgehead atoms. The van der Waals surface area contributed by atoms with Crippen molar-refractivity contribution in [1.29, 1.82) is 0 Å². The third kappa shape index (κ3) is 5.64. The van der Waals surface area contributed by atoms with E-state index in [-0.39, 0.29) is 10.8 Å². The number of nitrogens with zero attached hydrogens (tertiary/aromatic N) is 1. The molecule has 0 fully saturated rings. The molecule has 2 atom stereocenters. The maximum absolute atomic E-state index is 12.5. The SMILES string of the molecule is Cc1cc(NC(=O)C(C)OC(=O)C(NS(=O)(=O)c2ccccc2)C(C)C)on1. The molecular formula is C18H23N3O6S. The molecule has 0 saturated carbocycles. The first kappa shape index (κ1) is 21.6. The molecule has 2 N–H and O–H groups in total. The molecule has 2 unspecified atom stereocenters. The highest BCUT2D eigenvalue weighted by Gasteiger charge is 2.32. The first-order valence-electron chi connectivity index (χ1n) is 8.62. The van der Waals surface area contributed by atoms with Gasteiger partial charge in [-0.25, -0.2) is 8.42 Å². The number of carbonyl (C=O) groups is 2. The Hall–Kier alpha value is -2.72. The van der Waals surface area contributed by atoms with Crippen molar-refractivity contribution in [3.05, 3.63) is 42.1 Å². The van der Waals surface area contributed by atoms with Gasteiger partial charge in [-0.15, -0.1) is 0 Å². The van der Waals surface area contributed by atoms with E-state index in [0.717, 1.165) is 0 Å². The highest BCUT2D eigenvalue weighted by atomic mass is 32.2. The molecule has 0 spiro atoms. The zero-order chi connectivity index (χ0) is 20.9. The van der Waals surface area contributed by atoms with Crippen LogP contribution >= 0.6 is 0 Å². The number of nitrogens with one attached hydrogen (secondary N) is 2. The summed E-state index contributed by atoms with van der Waals surface area (Å²) in [6, 6.07) is 8.03. The van der Waals surface area contributed by atoms with Crippen molar-refractivity contribution in [2.75, 3.05) is 5.32 Å². The van der Waals surface area contributed by atoms with Crippen LogP contribution in [0.1, 0.15) is 26.5 Å². The summed E-state index contributed by atoms with van der Waals surface area (Å²) in [6.07, 6.45) is -1.17. The Morgan fingerprint density at radius 1 is 1.14 bits per heavy atom. The zero-order valence-electron chi connectivity index (χ0n) is 16.0. The van der Waals surface area contributed by atoms with E-state index in [9.17, 15) is 18.0 Å². The number of anilines is 1. The molecule has 0 aliphatic rings. The zero-order valence-corrected chi connectivity index (χ0v) is 16.8. The van der Waals surface area contributed by atoms with Gasteiger partial charge in [0.15, 0.2) is 6.10 Å². The van der Waals surface area contributed by atoms with Crippen molar-refractivity contribution in [3.8, 4) is 0 Å². The minimum Gasteiger partial charge on any atom is -0.451 e. The minimum absolute atomic E-state index is 0.0277. The molecule has 1 amide bonds. The molecule has 0 aliphatic heterocycles. The summed E-state index contributed by atoms with van der Waals surface area (Å²) in [4.78, 5) is 24.7. The fourth-order valence-corrected chi connectivity index (χ4v) is 3.59. The van der Waals surface area contributed by atoms with E-state index in [4.69, 9.17) is 9.26 Å². The lowest BCUT2D eigenvalue weighted by Crippen LogP contribution is -2.47. The fourth-order valence-electron chi connectivity index (χ4n) is 2.24. The van der Waals surface area contributed by atoms with Crippen LogP contribution in [-0.4, -0.2) is 37.6 Å². The van der Waals surface area contributed by atoms with Gasteiger partial charge in [-0.1, -0.05) is 37.2 Å². The average molecular weight is 409 g/mol. The number of aromatic nitrogens is 1. The minimum atomic E-state index is -3.93. The number of benzene rings is 1. The van der Waals surface area contributed by atoms with Crippen LogP contribution in [0.15, 0.2) is 45.8 Å². The van der Waals surface area contributed by atoms with E-state index in [1.54, 1.807) is 39.0 Å². The third-order valence-corrected chi connectivity index (χ3v) is 5.25. The maximum Gasteiger partial charge on any atom is 0.325 e. The van der Waals surface area contributed by atoms with Crippen LogP contribution in [0, 0.1) is 12.8 Å². The Morgan fingerprint density at radius 3 is 2.32 bits per heavy atom. The van der Waals surface area contributed by atoms with Gasteiger partial charge in [0, 0.05) is 6.07 Å². The van der Waals surface area contributed by atoms with Crippen molar-refractivity contribution in [1.82, 2.24) is 9.88 Å². The molecule has 0 radical (unpaired) electrons. The van der Waals surface area contributed by atoms with Gasteiger partial charge in [-0.2, -0.15) is 4.72 Å². The maximum atomic E-state index is 12.5. The lowest BCUT2D eigenvalue weighted by atomic mass is 10.1. The van der Waals surface area contributed by atoms with Gasteiger partial charge >= 0.3 is 5.97 Å². The number of amides is 1. The van der Waals surface area contributed by atoms with Gasteiger partial charge in [-0.3, -0.25) is 14.9 Å². The van der Waals surface area contributed by atoms with E-state index >= 15 is 0 Å². The second-order valence-electron chi connectivity index (χ2n) is 6.56. The van der Waals surface area contributed by atoms with Gasteiger partial charge in [0.2, 0.25) is 15.9 Å². The topological polar surface area (TPSA) is 128 Å². The standard InChI is InChI=1S/C18H23N3O6S/c1-11(2)16(21-28(24,25)14-8-6-5-7-9-14)18(23)26-13(4)17(22)19-15-10-12(3)20-27-15/h5-11,13,16,21H,1-4H3,(H,19,22). The van der Waals surface area contributed by atoms with Crippen LogP contribution in [0.5, 0.6) is 0 Å². The third-order valence-electron chi connectivity index (χ3n) is 3.79. The Morgan fingerprint density at radius 2 is 1.79 bits per heavy atom. The molecule has 10 heteroatoms. The van der Waals surface area contributed by atoms with Crippen molar-refractivity contribution >= 4 is 27.8 Å². The van der Waals surface area contributed by atoms with Gasteiger partial charge in [0.25, 0.3) is 5.91 Å². The molecule has 152 valence electrons. The number of carbonyl (C=O) groups excluding carboxylic acids is 2. The van der Waals surface area contributed by atoms with Crippen LogP contribution in [0.4, 0.5) is 5.88 Å². The molecule has 9 nitrogen and oxygen atoms in total. The van der Waals surface area contributed by atoms with Crippen LogP contribution in [-0.2, 0) is 24.3 Å². The second-order valence-corrected chi connectivity index (χ2v) is 8.27. The predicted molar refractivity (Wildman–Crippen MR) is 101 cm³/mol. The van der Waals surface area contributed by atoms with Crippen LogP contribution in [0.25, 0.3) is 0 Å². The fraction of sp³-hybridized carbons (Fsp3) is 0.389. The highest BCUT2D eigenvalue weighted by Crippen LogP contribution is 2.14. The Bertz CT molecular complexity index is 924. The summed E-state index contributed by atoms with van der Waals surface area (Å²) in [6.45, 7) is 6.40. The molecular weight excluding hydrogens is 386 g/mol. The first-order valence-corrected chi connectivity index (χ1v) is 10.1. The quantitative estimate of drug-likeness (QED) is 0.637. The Balaban J connectivity index is 2.05. The summed E-state index contributed by atoms with van der Waals surface area (Å²) >= 11 is 0. The smallest absolute Gasteiger partial charge is 0.325 e. The van der Waals surface area contributed by atoms with Crippen molar-refractivity contribution in [3.63, 3.8) is 0 Å².